The first kappa shape index (κ1) is 11.7. The highest BCUT2D eigenvalue weighted by molar-refractivity contribution is 5.75. The number of nitrogens with two attached hydrogens (primary N) is 1. The summed E-state index contributed by atoms with van der Waals surface area (Å²) in [7, 11) is 1.92. The molecule has 2 aromatic rings. The fourth-order valence-corrected chi connectivity index (χ4v) is 3.21. The fraction of sp³-hybridized carbons (Fsp3) is 0.571. The number of hydrogen-bond acceptors (Lipinski definition) is 3. The van der Waals surface area contributed by atoms with E-state index < -0.39 is 0 Å². The van der Waals surface area contributed by atoms with Crippen molar-refractivity contribution in [1.82, 2.24) is 15.0 Å². The number of hydrogen-bond donors (Lipinski definition) is 1. The third-order valence-corrected chi connectivity index (χ3v) is 4.42. The van der Waals surface area contributed by atoms with E-state index in [0.29, 0.717) is 0 Å². The summed E-state index contributed by atoms with van der Waals surface area (Å²) in [5.41, 5.74) is 9.66. The van der Waals surface area contributed by atoms with E-state index in [9.17, 15) is 0 Å². The molecule has 1 aromatic carbocycles. The Hall–Kier alpha value is -1.42. The van der Waals surface area contributed by atoms with Crippen molar-refractivity contribution in [2.45, 2.75) is 37.5 Å². The van der Waals surface area contributed by atoms with Gasteiger partial charge in [-0.2, -0.15) is 0 Å². The van der Waals surface area contributed by atoms with Crippen LogP contribution in [0.1, 0.15) is 37.7 Å². The van der Waals surface area contributed by atoms with Gasteiger partial charge in [0.25, 0.3) is 0 Å². The van der Waals surface area contributed by atoms with Gasteiger partial charge in [0.05, 0.1) is 5.52 Å². The van der Waals surface area contributed by atoms with Crippen LogP contribution < -0.4 is 5.73 Å². The molecule has 0 radical (unpaired) electrons. The Morgan fingerprint density at radius 2 is 2.06 bits per heavy atom. The second-order valence-corrected chi connectivity index (χ2v) is 5.46. The highest BCUT2D eigenvalue weighted by Crippen LogP contribution is 2.39. The molecule has 0 spiro atoms. The summed E-state index contributed by atoms with van der Waals surface area (Å²) in [5, 5.41) is 8.28. The maximum absolute atomic E-state index is 6.08. The number of rotatable bonds is 2. The van der Waals surface area contributed by atoms with E-state index in [1.807, 2.05) is 11.7 Å². The first-order chi connectivity index (χ1) is 8.75. The van der Waals surface area contributed by atoms with Crippen LogP contribution in [0.5, 0.6) is 0 Å². The molecular formula is C14H20N4. The van der Waals surface area contributed by atoms with Crippen molar-refractivity contribution < 1.29 is 0 Å². The summed E-state index contributed by atoms with van der Waals surface area (Å²) >= 11 is 0. The molecule has 1 aliphatic carbocycles. The fourth-order valence-electron chi connectivity index (χ4n) is 3.21. The second kappa shape index (κ2) is 4.35. The average molecular weight is 244 g/mol. The van der Waals surface area contributed by atoms with Gasteiger partial charge in [-0.25, -0.2) is 4.68 Å². The van der Waals surface area contributed by atoms with E-state index in [2.05, 4.69) is 28.5 Å². The minimum atomic E-state index is 0.171. The van der Waals surface area contributed by atoms with Crippen LogP contribution in [0.15, 0.2) is 18.2 Å². The van der Waals surface area contributed by atoms with E-state index in [4.69, 9.17) is 5.73 Å². The normalized spacial score (nSPS) is 19.2. The number of aromatic nitrogens is 3. The summed E-state index contributed by atoms with van der Waals surface area (Å²) in [6.07, 6.45) is 6.32. The smallest absolute Gasteiger partial charge is 0.113 e. The quantitative estimate of drug-likeness (QED) is 0.880. The van der Waals surface area contributed by atoms with Gasteiger partial charge < -0.3 is 5.73 Å². The molecule has 1 aromatic heterocycles. The minimum absolute atomic E-state index is 0.171. The molecule has 3 rings (SSSR count). The standard InChI is InChI=1S/C14H20N4/c1-18-13-6-5-11(9-12(13)16-17-18)14(10-15)7-3-2-4-8-14/h5-6,9H,2-4,7-8,10,15H2,1H3. The SMILES string of the molecule is Cn1nnc2cc(C3(CN)CCCCC3)ccc21. The molecule has 1 saturated carbocycles. The highest BCUT2D eigenvalue weighted by Gasteiger charge is 2.32. The van der Waals surface area contributed by atoms with Gasteiger partial charge in [-0.3, -0.25) is 0 Å². The molecular weight excluding hydrogens is 224 g/mol. The van der Waals surface area contributed by atoms with Crippen molar-refractivity contribution >= 4 is 11.0 Å². The number of benzene rings is 1. The largest absolute Gasteiger partial charge is 0.330 e. The van der Waals surface area contributed by atoms with Crippen LogP contribution in [0.3, 0.4) is 0 Å². The van der Waals surface area contributed by atoms with Crippen molar-refractivity contribution in [2.75, 3.05) is 6.54 Å². The van der Waals surface area contributed by atoms with Gasteiger partial charge in [-0.15, -0.1) is 5.10 Å². The van der Waals surface area contributed by atoms with Crippen molar-refractivity contribution in [3.05, 3.63) is 23.8 Å². The van der Waals surface area contributed by atoms with E-state index in [0.717, 1.165) is 17.6 Å². The number of aryl methyl sites for hydroxylation is 1. The van der Waals surface area contributed by atoms with Gasteiger partial charge in [-0.1, -0.05) is 30.5 Å². The van der Waals surface area contributed by atoms with Crippen molar-refractivity contribution in [3.63, 3.8) is 0 Å². The Bertz CT molecular complexity index is 552. The van der Waals surface area contributed by atoms with Gasteiger partial charge in [0.15, 0.2) is 0 Å². The molecule has 1 fully saturated rings. The Balaban J connectivity index is 2.06. The van der Waals surface area contributed by atoms with Gasteiger partial charge in [-0.05, 0) is 30.5 Å². The Morgan fingerprint density at radius 1 is 1.28 bits per heavy atom. The minimum Gasteiger partial charge on any atom is -0.330 e. The van der Waals surface area contributed by atoms with E-state index >= 15 is 0 Å². The lowest BCUT2D eigenvalue weighted by atomic mass is 9.69. The third-order valence-electron chi connectivity index (χ3n) is 4.42. The van der Waals surface area contributed by atoms with Crippen LogP contribution >= 0.6 is 0 Å². The van der Waals surface area contributed by atoms with Gasteiger partial charge >= 0.3 is 0 Å². The van der Waals surface area contributed by atoms with Crippen LogP contribution in [0.2, 0.25) is 0 Å². The molecule has 2 N–H and O–H groups in total. The van der Waals surface area contributed by atoms with Crippen LogP contribution in [0.25, 0.3) is 11.0 Å². The van der Waals surface area contributed by atoms with Crippen molar-refractivity contribution in [2.24, 2.45) is 12.8 Å². The molecule has 1 aliphatic rings. The molecule has 0 saturated heterocycles. The van der Waals surface area contributed by atoms with Crippen LogP contribution in [-0.2, 0) is 12.5 Å². The topological polar surface area (TPSA) is 56.7 Å². The molecule has 1 heterocycles. The number of fused-ring (bicyclic) bond motifs is 1. The average Bonchev–Trinajstić information content (AvgIpc) is 2.81. The molecule has 4 nitrogen and oxygen atoms in total. The Morgan fingerprint density at radius 3 is 2.78 bits per heavy atom. The lowest BCUT2D eigenvalue weighted by molar-refractivity contribution is 0.301. The maximum atomic E-state index is 6.08. The summed E-state index contributed by atoms with van der Waals surface area (Å²) in [6.45, 7) is 0.735. The van der Waals surface area contributed by atoms with Gasteiger partial charge in [0.1, 0.15) is 5.52 Å². The second-order valence-electron chi connectivity index (χ2n) is 5.46. The van der Waals surface area contributed by atoms with E-state index in [-0.39, 0.29) is 5.41 Å². The molecule has 18 heavy (non-hydrogen) atoms. The zero-order chi connectivity index (χ0) is 12.6. The first-order valence-corrected chi connectivity index (χ1v) is 6.75. The van der Waals surface area contributed by atoms with Gasteiger partial charge in [0, 0.05) is 19.0 Å². The Kier molecular flexibility index (Phi) is 2.82. The summed E-state index contributed by atoms with van der Waals surface area (Å²) in [4.78, 5) is 0. The van der Waals surface area contributed by atoms with Crippen LogP contribution in [0, 0.1) is 0 Å². The van der Waals surface area contributed by atoms with Crippen molar-refractivity contribution in [1.29, 1.82) is 0 Å². The molecule has 96 valence electrons. The van der Waals surface area contributed by atoms with E-state index in [1.54, 1.807) is 0 Å². The predicted molar refractivity (Wildman–Crippen MR) is 72.3 cm³/mol. The highest BCUT2D eigenvalue weighted by atomic mass is 15.4. The lowest BCUT2D eigenvalue weighted by Crippen LogP contribution is -2.37. The molecule has 0 amide bonds. The monoisotopic (exact) mass is 244 g/mol. The van der Waals surface area contributed by atoms with Crippen LogP contribution in [-0.4, -0.2) is 21.5 Å². The third kappa shape index (κ3) is 1.72. The zero-order valence-electron chi connectivity index (χ0n) is 10.9. The number of nitrogens with zero attached hydrogens (tertiary/aromatic N) is 3. The predicted octanol–water partition coefficient (Wildman–Crippen LogP) is 2.13. The van der Waals surface area contributed by atoms with E-state index in [1.165, 1.54) is 37.7 Å². The molecule has 0 aliphatic heterocycles. The first-order valence-electron chi connectivity index (χ1n) is 6.75. The van der Waals surface area contributed by atoms with Crippen LogP contribution in [0.4, 0.5) is 0 Å². The molecule has 4 heteroatoms. The van der Waals surface area contributed by atoms with Gasteiger partial charge in [0.2, 0.25) is 0 Å². The summed E-state index contributed by atoms with van der Waals surface area (Å²) in [6, 6.07) is 6.51. The lowest BCUT2D eigenvalue weighted by Gasteiger charge is -2.36. The molecule has 0 unspecified atom stereocenters. The van der Waals surface area contributed by atoms with Crippen molar-refractivity contribution in [3.8, 4) is 0 Å². The summed E-state index contributed by atoms with van der Waals surface area (Å²) < 4.78 is 1.81. The maximum Gasteiger partial charge on any atom is 0.113 e. The molecule has 0 atom stereocenters. The Labute approximate surface area is 107 Å². The zero-order valence-corrected chi connectivity index (χ0v) is 10.9. The molecule has 0 bridgehead atoms. The summed E-state index contributed by atoms with van der Waals surface area (Å²) in [5.74, 6) is 0.